The Morgan fingerprint density at radius 1 is 1.38 bits per heavy atom. The van der Waals surface area contributed by atoms with Crippen LogP contribution < -0.4 is 5.56 Å². The molecule has 0 bridgehead atoms. The number of nitrogens with zero attached hydrogens (tertiary/aromatic N) is 3. The molecular weight excluding hydrogens is 330 g/mol. The summed E-state index contributed by atoms with van der Waals surface area (Å²) in [6, 6.07) is 3.50. The highest BCUT2D eigenvalue weighted by Gasteiger charge is 2.39. The molecule has 2 aromatic rings. The summed E-state index contributed by atoms with van der Waals surface area (Å²) in [7, 11) is 3.30. The third kappa shape index (κ3) is 2.59. The van der Waals surface area contributed by atoms with Crippen LogP contribution in [0.15, 0.2) is 23.1 Å². The number of carbonyl (C=O) groups is 1. The molecule has 1 aliphatic rings. The molecular formula is C17H20ClN3O3. The van der Waals surface area contributed by atoms with Crippen LogP contribution in [0.4, 0.5) is 0 Å². The number of likely N-dealkylation sites (tertiary alicyclic amines) is 1. The van der Waals surface area contributed by atoms with Crippen molar-refractivity contribution in [3.63, 3.8) is 0 Å². The van der Waals surface area contributed by atoms with Gasteiger partial charge in [0.1, 0.15) is 11.2 Å². The molecule has 128 valence electrons. The van der Waals surface area contributed by atoms with Crippen LogP contribution >= 0.6 is 11.6 Å². The summed E-state index contributed by atoms with van der Waals surface area (Å²) in [5.74, 6) is 0.0401. The first-order valence-corrected chi connectivity index (χ1v) is 8.23. The zero-order chi connectivity index (χ0) is 17.5. The summed E-state index contributed by atoms with van der Waals surface area (Å²) < 4.78 is 7.31. The minimum atomic E-state index is -0.714. The highest BCUT2D eigenvalue weighted by atomic mass is 35.5. The maximum absolute atomic E-state index is 12.9. The summed E-state index contributed by atoms with van der Waals surface area (Å²) >= 11 is 6.30. The SMILES string of the molecule is COC1(c2cc3c(Cl)ccnc3n(C)c2=O)CCN(C(C)=O)CC1. The lowest BCUT2D eigenvalue weighted by Gasteiger charge is -2.40. The lowest BCUT2D eigenvalue weighted by atomic mass is 9.84. The van der Waals surface area contributed by atoms with Crippen molar-refractivity contribution in [2.75, 3.05) is 20.2 Å². The molecule has 0 aromatic carbocycles. The number of methoxy groups -OCH3 is 1. The van der Waals surface area contributed by atoms with Crippen LogP contribution in [0.3, 0.4) is 0 Å². The fourth-order valence-electron chi connectivity index (χ4n) is 3.42. The van der Waals surface area contributed by atoms with E-state index in [0.717, 1.165) is 5.39 Å². The van der Waals surface area contributed by atoms with Crippen LogP contribution in [0, 0.1) is 0 Å². The number of hydrogen-bond acceptors (Lipinski definition) is 4. The molecule has 0 spiro atoms. The van der Waals surface area contributed by atoms with Crippen molar-refractivity contribution in [1.29, 1.82) is 0 Å². The van der Waals surface area contributed by atoms with Crippen molar-refractivity contribution >= 4 is 28.5 Å². The van der Waals surface area contributed by atoms with Gasteiger partial charge in [0.2, 0.25) is 5.91 Å². The molecule has 0 aliphatic carbocycles. The first-order valence-electron chi connectivity index (χ1n) is 7.85. The summed E-state index contributed by atoms with van der Waals surface area (Å²) in [5.41, 5.74) is 0.255. The van der Waals surface area contributed by atoms with E-state index >= 15 is 0 Å². The van der Waals surface area contributed by atoms with Gasteiger partial charge in [-0.1, -0.05) is 11.6 Å². The van der Waals surface area contributed by atoms with E-state index in [4.69, 9.17) is 16.3 Å². The number of fused-ring (bicyclic) bond motifs is 1. The van der Waals surface area contributed by atoms with E-state index in [-0.39, 0.29) is 11.5 Å². The van der Waals surface area contributed by atoms with E-state index in [2.05, 4.69) is 4.98 Å². The fourth-order valence-corrected chi connectivity index (χ4v) is 3.61. The summed E-state index contributed by atoms with van der Waals surface area (Å²) in [6.07, 6.45) is 2.73. The maximum Gasteiger partial charge on any atom is 0.258 e. The maximum atomic E-state index is 12.9. The highest BCUT2D eigenvalue weighted by molar-refractivity contribution is 6.35. The topological polar surface area (TPSA) is 64.4 Å². The number of pyridine rings is 2. The molecule has 1 fully saturated rings. The van der Waals surface area contributed by atoms with Crippen LogP contribution in [0.1, 0.15) is 25.3 Å². The second-order valence-corrected chi connectivity index (χ2v) is 6.56. The van der Waals surface area contributed by atoms with E-state index in [1.165, 1.54) is 4.57 Å². The molecule has 6 nitrogen and oxygen atoms in total. The van der Waals surface area contributed by atoms with Crippen molar-refractivity contribution in [2.45, 2.75) is 25.4 Å². The molecule has 0 N–H and O–H groups in total. The number of aromatic nitrogens is 2. The van der Waals surface area contributed by atoms with Gasteiger partial charge in [-0.25, -0.2) is 4.98 Å². The zero-order valence-electron chi connectivity index (χ0n) is 14.0. The van der Waals surface area contributed by atoms with Crippen LogP contribution in [-0.4, -0.2) is 40.6 Å². The van der Waals surface area contributed by atoms with Gasteiger partial charge in [0.25, 0.3) is 5.56 Å². The average molecular weight is 350 g/mol. The van der Waals surface area contributed by atoms with Crippen molar-refractivity contribution in [1.82, 2.24) is 14.5 Å². The van der Waals surface area contributed by atoms with Gasteiger partial charge in [-0.2, -0.15) is 0 Å². The van der Waals surface area contributed by atoms with Crippen molar-refractivity contribution in [3.8, 4) is 0 Å². The van der Waals surface area contributed by atoms with Crippen LogP contribution in [0.5, 0.6) is 0 Å². The lowest BCUT2D eigenvalue weighted by Crippen LogP contribution is -2.48. The van der Waals surface area contributed by atoms with Gasteiger partial charge in [0.15, 0.2) is 0 Å². The molecule has 3 rings (SSSR count). The standard InChI is InChI=1S/C17H20ClN3O3/c1-11(22)21-8-5-17(24-3,6-9-21)13-10-12-14(18)4-7-19-15(12)20(2)16(13)23/h4,7,10H,5-6,8-9H2,1-3H3. The number of carbonyl (C=O) groups excluding carboxylic acids is 1. The van der Waals surface area contributed by atoms with Gasteiger partial charge in [0, 0.05) is 45.8 Å². The molecule has 0 radical (unpaired) electrons. The molecule has 0 unspecified atom stereocenters. The molecule has 1 amide bonds. The Hall–Kier alpha value is -1.92. The minimum Gasteiger partial charge on any atom is -0.373 e. The van der Waals surface area contributed by atoms with Gasteiger partial charge < -0.3 is 9.64 Å². The van der Waals surface area contributed by atoms with E-state index in [1.54, 1.807) is 44.3 Å². The third-order valence-electron chi connectivity index (χ3n) is 4.96. The molecule has 3 heterocycles. The highest BCUT2D eigenvalue weighted by Crippen LogP contribution is 2.36. The first kappa shape index (κ1) is 16.9. The van der Waals surface area contributed by atoms with Crippen LogP contribution in [0.25, 0.3) is 11.0 Å². The molecule has 24 heavy (non-hydrogen) atoms. The third-order valence-corrected chi connectivity index (χ3v) is 5.28. The predicted octanol–water partition coefficient (Wildman–Crippen LogP) is 2.07. The molecule has 0 atom stereocenters. The Kier molecular flexibility index (Phi) is 4.36. The Bertz CT molecular complexity index is 854. The van der Waals surface area contributed by atoms with Gasteiger partial charge in [-0.05, 0) is 25.0 Å². The minimum absolute atomic E-state index is 0.0401. The van der Waals surface area contributed by atoms with Crippen molar-refractivity contribution < 1.29 is 9.53 Å². The lowest BCUT2D eigenvalue weighted by molar-refractivity contribution is -0.135. The van der Waals surface area contributed by atoms with Gasteiger partial charge in [0.05, 0.1) is 10.6 Å². The number of piperidine rings is 1. The second-order valence-electron chi connectivity index (χ2n) is 6.16. The number of aryl methyl sites for hydroxylation is 1. The van der Waals surface area contributed by atoms with Crippen LogP contribution in [0.2, 0.25) is 5.02 Å². The quantitative estimate of drug-likeness (QED) is 0.832. The van der Waals surface area contributed by atoms with E-state index in [9.17, 15) is 9.59 Å². The molecule has 0 saturated carbocycles. The smallest absolute Gasteiger partial charge is 0.258 e. The predicted molar refractivity (Wildman–Crippen MR) is 92.2 cm³/mol. The fraction of sp³-hybridized carbons (Fsp3) is 0.471. The van der Waals surface area contributed by atoms with Crippen molar-refractivity contribution in [3.05, 3.63) is 39.3 Å². The van der Waals surface area contributed by atoms with E-state index in [0.29, 0.717) is 42.2 Å². The van der Waals surface area contributed by atoms with E-state index < -0.39 is 5.60 Å². The number of hydrogen-bond donors (Lipinski definition) is 0. The number of halogens is 1. The van der Waals surface area contributed by atoms with Gasteiger partial charge in [-0.3, -0.25) is 14.2 Å². The molecule has 2 aromatic heterocycles. The summed E-state index contributed by atoms with van der Waals surface area (Å²) in [6.45, 7) is 2.68. The summed E-state index contributed by atoms with van der Waals surface area (Å²) in [5, 5.41) is 1.27. The second kappa shape index (κ2) is 6.18. The average Bonchev–Trinajstić information content (AvgIpc) is 2.58. The van der Waals surface area contributed by atoms with E-state index in [1.807, 2.05) is 0 Å². The summed E-state index contributed by atoms with van der Waals surface area (Å²) in [4.78, 5) is 30.5. The Morgan fingerprint density at radius 3 is 2.62 bits per heavy atom. The van der Waals surface area contributed by atoms with Crippen LogP contribution in [-0.2, 0) is 22.2 Å². The van der Waals surface area contributed by atoms with Crippen molar-refractivity contribution in [2.24, 2.45) is 7.05 Å². The van der Waals surface area contributed by atoms with Gasteiger partial charge in [-0.15, -0.1) is 0 Å². The molecule has 1 saturated heterocycles. The Labute approximate surface area is 145 Å². The first-order chi connectivity index (χ1) is 11.4. The Balaban J connectivity index is 2.14. The normalized spacial score (nSPS) is 17.2. The zero-order valence-corrected chi connectivity index (χ0v) is 14.8. The number of rotatable bonds is 2. The number of amides is 1. The van der Waals surface area contributed by atoms with Gasteiger partial charge >= 0.3 is 0 Å². The molecule has 1 aliphatic heterocycles. The monoisotopic (exact) mass is 349 g/mol. The Morgan fingerprint density at radius 2 is 2.04 bits per heavy atom. The largest absolute Gasteiger partial charge is 0.373 e. The number of ether oxygens (including phenoxy) is 1. The molecule has 7 heteroatoms.